The number of hydrogen-bond acceptors (Lipinski definition) is 3. The molecular formula is C20H19NO3. The van der Waals surface area contributed by atoms with Crippen LogP contribution in [0.15, 0.2) is 53.5 Å². The minimum Gasteiger partial charge on any atom is -0.460 e. The summed E-state index contributed by atoms with van der Waals surface area (Å²) in [4.78, 5) is 10.7. The molecule has 0 N–H and O–H groups in total. The molecule has 0 atom stereocenters. The number of nitrogens with zero attached hydrogens (tertiary/aromatic N) is 1. The van der Waals surface area contributed by atoms with Crippen LogP contribution in [0.25, 0.3) is 16.5 Å². The molecule has 0 spiro atoms. The van der Waals surface area contributed by atoms with E-state index < -0.39 is 0 Å². The molecule has 2 aromatic carbocycles. The molecule has 3 rings (SSSR count). The second-order valence-corrected chi connectivity index (χ2v) is 5.68. The average Bonchev–Trinajstić information content (AvgIpc) is 2.99. The zero-order chi connectivity index (χ0) is 17.3. The lowest BCUT2D eigenvalue weighted by Crippen LogP contribution is -1.97. The summed E-state index contributed by atoms with van der Waals surface area (Å²) in [6.07, 6.45) is 1.46. The first-order valence-corrected chi connectivity index (χ1v) is 8.04. The zero-order valence-corrected chi connectivity index (χ0v) is 13.8. The van der Waals surface area contributed by atoms with Crippen molar-refractivity contribution in [3.05, 3.63) is 81.6 Å². The van der Waals surface area contributed by atoms with Gasteiger partial charge in [0.2, 0.25) is 0 Å². The fourth-order valence-electron chi connectivity index (χ4n) is 3.09. The molecule has 0 amide bonds. The number of non-ortho nitro benzene ring substituents is 1. The first-order chi connectivity index (χ1) is 11.6. The smallest absolute Gasteiger partial charge is 0.269 e. The Kier molecular flexibility index (Phi) is 4.21. The number of nitro benzene ring substituents is 1. The lowest BCUT2D eigenvalue weighted by atomic mass is 9.91. The summed E-state index contributed by atoms with van der Waals surface area (Å²) in [5.41, 5.74) is 4.65. The average molecular weight is 321 g/mol. The van der Waals surface area contributed by atoms with Crippen LogP contribution < -0.4 is 0 Å². The first-order valence-electron chi connectivity index (χ1n) is 8.04. The largest absolute Gasteiger partial charge is 0.460 e. The van der Waals surface area contributed by atoms with E-state index >= 15 is 0 Å². The van der Waals surface area contributed by atoms with Gasteiger partial charge in [-0.25, -0.2) is 0 Å². The molecule has 4 heteroatoms. The van der Waals surface area contributed by atoms with Gasteiger partial charge in [0.25, 0.3) is 5.69 Å². The highest BCUT2D eigenvalue weighted by Crippen LogP contribution is 2.36. The highest BCUT2D eigenvalue weighted by molar-refractivity contribution is 5.97. The van der Waals surface area contributed by atoms with E-state index in [1.54, 1.807) is 12.1 Å². The monoisotopic (exact) mass is 321 g/mol. The van der Waals surface area contributed by atoms with Crippen LogP contribution in [0.5, 0.6) is 0 Å². The Morgan fingerprint density at radius 2 is 1.92 bits per heavy atom. The third-order valence-corrected chi connectivity index (χ3v) is 4.30. The molecule has 0 aliphatic heterocycles. The van der Waals surface area contributed by atoms with Gasteiger partial charge in [0.15, 0.2) is 0 Å². The molecule has 0 radical (unpaired) electrons. The van der Waals surface area contributed by atoms with Crippen molar-refractivity contribution < 1.29 is 9.34 Å². The maximum Gasteiger partial charge on any atom is 0.269 e. The van der Waals surface area contributed by atoms with E-state index in [9.17, 15) is 10.1 Å². The molecule has 3 aromatic rings. The maximum atomic E-state index is 11.0. The minimum absolute atomic E-state index is 0.108. The number of hydrogen-bond donors (Lipinski definition) is 0. The maximum absolute atomic E-state index is 11.0. The van der Waals surface area contributed by atoms with Gasteiger partial charge in [-0.3, -0.25) is 10.1 Å². The molecule has 0 fully saturated rings. The molecule has 0 aliphatic carbocycles. The summed E-state index contributed by atoms with van der Waals surface area (Å²) in [5.74, 6) is 0.890. The molecule has 1 aromatic heterocycles. The van der Waals surface area contributed by atoms with Gasteiger partial charge in [-0.2, -0.15) is 0 Å². The number of benzene rings is 2. The van der Waals surface area contributed by atoms with Gasteiger partial charge < -0.3 is 4.42 Å². The number of fused-ring (bicyclic) bond motifs is 1. The summed E-state index contributed by atoms with van der Waals surface area (Å²) < 4.78 is 5.96. The van der Waals surface area contributed by atoms with E-state index in [2.05, 4.69) is 6.58 Å². The van der Waals surface area contributed by atoms with E-state index in [4.69, 9.17) is 4.42 Å². The number of para-hydroxylation sites is 1. The van der Waals surface area contributed by atoms with Crippen LogP contribution in [-0.4, -0.2) is 4.92 Å². The van der Waals surface area contributed by atoms with Crippen molar-refractivity contribution >= 4 is 22.2 Å². The van der Waals surface area contributed by atoms with Crippen LogP contribution in [0.2, 0.25) is 0 Å². The Labute approximate surface area is 140 Å². The van der Waals surface area contributed by atoms with Gasteiger partial charge >= 0.3 is 0 Å². The molecule has 0 saturated heterocycles. The van der Waals surface area contributed by atoms with Crippen molar-refractivity contribution in [1.82, 2.24) is 0 Å². The lowest BCUT2D eigenvalue weighted by Gasteiger charge is -2.11. The summed E-state index contributed by atoms with van der Waals surface area (Å²) in [7, 11) is 0. The third kappa shape index (κ3) is 2.60. The molecule has 0 bridgehead atoms. The Bertz CT molecular complexity index is 937. The minimum atomic E-state index is -0.365. The fourth-order valence-corrected chi connectivity index (χ4v) is 3.09. The quantitative estimate of drug-likeness (QED) is 0.459. The molecule has 4 nitrogen and oxygen atoms in total. The van der Waals surface area contributed by atoms with Crippen LogP contribution >= 0.6 is 0 Å². The lowest BCUT2D eigenvalue weighted by molar-refractivity contribution is -0.384. The predicted molar refractivity (Wildman–Crippen MR) is 96.2 cm³/mol. The van der Waals surface area contributed by atoms with Gasteiger partial charge in [-0.1, -0.05) is 38.6 Å². The van der Waals surface area contributed by atoms with E-state index in [-0.39, 0.29) is 10.6 Å². The Morgan fingerprint density at radius 1 is 1.17 bits per heavy atom. The Hall–Kier alpha value is -2.88. The number of rotatable bonds is 5. The molecule has 0 aliphatic rings. The van der Waals surface area contributed by atoms with E-state index in [1.165, 1.54) is 6.07 Å². The van der Waals surface area contributed by atoms with Crippen LogP contribution in [0.4, 0.5) is 5.69 Å². The van der Waals surface area contributed by atoms with Crippen LogP contribution in [-0.2, 0) is 12.8 Å². The second kappa shape index (κ2) is 6.32. The van der Waals surface area contributed by atoms with E-state index in [0.717, 1.165) is 45.4 Å². The van der Waals surface area contributed by atoms with Crippen molar-refractivity contribution in [2.24, 2.45) is 0 Å². The number of aryl methyl sites for hydroxylation is 2. The fraction of sp³-hybridized carbons (Fsp3) is 0.200. The molecule has 122 valence electrons. The molecule has 1 heterocycles. The van der Waals surface area contributed by atoms with Crippen molar-refractivity contribution in [2.75, 3.05) is 0 Å². The number of furan rings is 1. The van der Waals surface area contributed by atoms with Crippen molar-refractivity contribution in [3.8, 4) is 0 Å². The Morgan fingerprint density at radius 3 is 2.58 bits per heavy atom. The molecule has 24 heavy (non-hydrogen) atoms. The predicted octanol–water partition coefficient (Wildman–Crippen LogP) is 5.53. The van der Waals surface area contributed by atoms with Gasteiger partial charge in [-0.15, -0.1) is 0 Å². The normalized spacial score (nSPS) is 10.9. The molecule has 0 saturated carbocycles. The van der Waals surface area contributed by atoms with Crippen LogP contribution in [0, 0.1) is 10.1 Å². The molecule has 0 unspecified atom stereocenters. The summed E-state index contributed by atoms with van der Waals surface area (Å²) in [6.45, 7) is 8.32. The first kappa shape index (κ1) is 16.0. The summed E-state index contributed by atoms with van der Waals surface area (Å²) in [5, 5.41) is 12.0. The van der Waals surface area contributed by atoms with Gasteiger partial charge in [-0.05, 0) is 35.3 Å². The van der Waals surface area contributed by atoms with Crippen LogP contribution in [0.1, 0.15) is 36.3 Å². The molecular weight excluding hydrogens is 302 g/mol. The van der Waals surface area contributed by atoms with Crippen LogP contribution in [0.3, 0.4) is 0 Å². The van der Waals surface area contributed by atoms with Crippen molar-refractivity contribution in [1.29, 1.82) is 0 Å². The third-order valence-electron chi connectivity index (χ3n) is 4.30. The van der Waals surface area contributed by atoms with E-state index in [0.29, 0.717) is 6.42 Å². The number of nitro groups is 1. The summed E-state index contributed by atoms with van der Waals surface area (Å²) >= 11 is 0. The topological polar surface area (TPSA) is 56.3 Å². The SMILES string of the molecule is C=C(c1ccc([N+](=O)[O-])cc1CC)c1c(CC)oc2ccccc12. The van der Waals surface area contributed by atoms with Gasteiger partial charge in [0.05, 0.1) is 4.92 Å². The highest BCUT2D eigenvalue weighted by atomic mass is 16.6. The second-order valence-electron chi connectivity index (χ2n) is 5.68. The van der Waals surface area contributed by atoms with Crippen molar-refractivity contribution in [3.63, 3.8) is 0 Å². The van der Waals surface area contributed by atoms with Crippen molar-refractivity contribution in [2.45, 2.75) is 26.7 Å². The Balaban J connectivity index is 2.18. The zero-order valence-electron chi connectivity index (χ0n) is 13.8. The van der Waals surface area contributed by atoms with E-state index in [1.807, 2.05) is 38.1 Å². The highest BCUT2D eigenvalue weighted by Gasteiger charge is 2.19. The van der Waals surface area contributed by atoms with Gasteiger partial charge in [0.1, 0.15) is 11.3 Å². The van der Waals surface area contributed by atoms with Gasteiger partial charge in [0, 0.05) is 29.5 Å². The standard InChI is InChI=1S/C20H19NO3/c1-4-14-12-15(21(22)23)10-11-16(14)13(3)20-17-8-6-7-9-19(17)24-18(20)5-2/h6-12H,3-5H2,1-2H3. The summed E-state index contributed by atoms with van der Waals surface area (Å²) in [6, 6.07) is 12.9.